The lowest BCUT2D eigenvalue weighted by Crippen LogP contribution is -2.45. The van der Waals surface area contributed by atoms with E-state index in [1.54, 1.807) is 4.90 Å². The van der Waals surface area contributed by atoms with Gasteiger partial charge in [-0.05, 0) is 38.5 Å². The summed E-state index contributed by atoms with van der Waals surface area (Å²) in [6, 6.07) is 7.58. The molecule has 0 radical (unpaired) electrons. The van der Waals surface area contributed by atoms with Crippen LogP contribution < -0.4 is 10.6 Å². The molecular weight excluding hydrogens is 457 g/mol. The monoisotopic (exact) mass is 489 g/mol. The van der Waals surface area contributed by atoms with Crippen molar-refractivity contribution in [2.75, 3.05) is 38.5 Å². The molecule has 0 spiro atoms. The van der Waals surface area contributed by atoms with E-state index < -0.39 is 0 Å². The van der Waals surface area contributed by atoms with E-state index in [1.807, 2.05) is 57.0 Å². The fraction of sp³-hybridized carbons (Fsp3) is 0.526. The molecule has 2 N–H and O–H groups in total. The van der Waals surface area contributed by atoms with Gasteiger partial charge < -0.3 is 20.4 Å². The van der Waals surface area contributed by atoms with E-state index in [4.69, 9.17) is 0 Å². The lowest BCUT2D eigenvalue weighted by Gasteiger charge is -2.25. The minimum Gasteiger partial charge on any atom is -0.357 e. The number of carbonyl (C=O) groups is 2. The molecule has 0 fully saturated rings. The summed E-state index contributed by atoms with van der Waals surface area (Å²) in [6.07, 6.45) is 0. The van der Waals surface area contributed by atoms with Gasteiger partial charge in [0.2, 0.25) is 11.8 Å². The molecular formula is C19H32IN5O2. The first-order valence-electron chi connectivity index (χ1n) is 9.04. The molecule has 0 aliphatic carbocycles. The molecule has 2 amide bonds. The van der Waals surface area contributed by atoms with Crippen LogP contribution in [0.2, 0.25) is 0 Å². The highest BCUT2D eigenvalue weighted by molar-refractivity contribution is 14.0. The van der Waals surface area contributed by atoms with E-state index >= 15 is 0 Å². The average Bonchev–Trinajstić information content (AvgIpc) is 2.59. The van der Waals surface area contributed by atoms with E-state index in [9.17, 15) is 9.59 Å². The molecule has 1 rings (SSSR count). The first-order valence-corrected chi connectivity index (χ1v) is 9.04. The number of amides is 2. The maximum Gasteiger partial charge on any atom is 0.242 e. The van der Waals surface area contributed by atoms with E-state index in [1.165, 1.54) is 6.92 Å². The number of benzene rings is 1. The quantitative estimate of drug-likeness (QED) is 0.334. The summed E-state index contributed by atoms with van der Waals surface area (Å²) in [6.45, 7) is 10.3. The molecule has 0 bridgehead atoms. The van der Waals surface area contributed by atoms with Crippen molar-refractivity contribution in [2.24, 2.45) is 4.99 Å². The van der Waals surface area contributed by atoms with E-state index in [-0.39, 0.29) is 42.3 Å². The Hall–Kier alpha value is -1.84. The SMILES string of the molecule is CCNC(=NCc1cccc(NC(C)=O)c1)N(C)CC(=O)N(CC)CC.I. The Morgan fingerprint density at radius 3 is 2.37 bits per heavy atom. The standard InChI is InChI=1S/C19H31N5O2.HI/c1-6-20-19(23(5)14-18(26)24(7-2)8-3)21-13-16-10-9-11-17(12-16)22-15(4)25;/h9-12H,6-8,13-14H2,1-5H3,(H,20,21)(H,22,25);1H. The highest BCUT2D eigenvalue weighted by Crippen LogP contribution is 2.11. The van der Waals surface area contributed by atoms with Crippen LogP contribution in [0.4, 0.5) is 5.69 Å². The van der Waals surface area contributed by atoms with Crippen molar-refractivity contribution in [1.82, 2.24) is 15.1 Å². The molecule has 0 aromatic heterocycles. The first kappa shape index (κ1) is 25.2. The molecule has 1 aromatic rings. The minimum atomic E-state index is -0.103. The minimum absolute atomic E-state index is 0. The second-order valence-electron chi connectivity index (χ2n) is 5.97. The zero-order valence-electron chi connectivity index (χ0n) is 16.9. The Bertz CT molecular complexity index is 632. The number of halogens is 1. The molecule has 8 heteroatoms. The van der Waals surface area contributed by atoms with E-state index in [2.05, 4.69) is 15.6 Å². The van der Waals surface area contributed by atoms with Crippen LogP contribution >= 0.6 is 24.0 Å². The predicted octanol–water partition coefficient (Wildman–Crippen LogP) is 2.53. The molecule has 0 unspecified atom stereocenters. The number of nitrogens with one attached hydrogen (secondary N) is 2. The van der Waals surface area contributed by atoms with Gasteiger partial charge in [0.1, 0.15) is 0 Å². The van der Waals surface area contributed by atoms with Crippen LogP contribution in [-0.4, -0.2) is 60.8 Å². The summed E-state index contributed by atoms with van der Waals surface area (Å²) in [4.78, 5) is 31.7. The van der Waals surface area contributed by atoms with Crippen molar-refractivity contribution in [3.63, 3.8) is 0 Å². The fourth-order valence-corrected chi connectivity index (χ4v) is 2.54. The number of hydrogen-bond acceptors (Lipinski definition) is 3. The van der Waals surface area contributed by atoms with Crippen LogP contribution in [0.5, 0.6) is 0 Å². The highest BCUT2D eigenvalue weighted by atomic mass is 127. The van der Waals surface area contributed by atoms with Gasteiger partial charge in [0.05, 0.1) is 13.1 Å². The summed E-state index contributed by atoms with van der Waals surface area (Å²) in [7, 11) is 1.86. The largest absolute Gasteiger partial charge is 0.357 e. The third-order valence-corrected chi connectivity index (χ3v) is 3.84. The number of guanidine groups is 1. The normalized spacial score (nSPS) is 10.6. The molecule has 1 aromatic carbocycles. The first-order chi connectivity index (χ1) is 12.4. The maximum atomic E-state index is 12.3. The zero-order chi connectivity index (χ0) is 19.5. The Labute approximate surface area is 179 Å². The maximum absolute atomic E-state index is 12.3. The second kappa shape index (κ2) is 13.3. The number of carbonyl (C=O) groups excluding carboxylic acids is 2. The van der Waals surface area contributed by atoms with Crippen LogP contribution in [0.15, 0.2) is 29.3 Å². The van der Waals surface area contributed by atoms with Gasteiger partial charge in [-0.3, -0.25) is 9.59 Å². The van der Waals surface area contributed by atoms with Crippen LogP contribution in [0, 0.1) is 0 Å². The van der Waals surface area contributed by atoms with Crippen molar-refractivity contribution < 1.29 is 9.59 Å². The smallest absolute Gasteiger partial charge is 0.242 e. The van der Waals surface area contributed by atoms with E-state index in [0.29, 0.717) is 32.1 Å². The van der Waals surface area contributed by atoms with Gasteiger partial charge >= 0.3 is 0 Å². The molecule has 0 atom stereocenters. The van der Waals surface area contributed by atoms with Crippen molar-refractivity contribution in [1.29, 1.82) is 0 Å². The molecule has 0 aliphatic rings. The van der Waals surface area contributed by atoms with Gasteiger partial charge in [-0.1, -0.05) is 12.1 Å². The Kier molecular flexibility index (Phi) is 12.4. The summed E-state index contributed by atoms with van der Waals surface area (Å²) < 4.78 is 0. The summed E-state index contributed by atoms with van der Waals surface area (Å²) in [5.74, 6) is 0.655. The van der Waals surface area contributed by atoms with Crippen LogP contribution in [0.1, 0.15) is 33.3 Å². The third kappa shape index (κ3) is 9.07. The molecule has 27 heavy (non-hydrogen) atoms. The van der Waals surface area contributed by atoms with Crippen LogP contribution in [0.25, 0.3) is 0 Å². The van der Waals surface area contributed by atoms with Gasteiger partial charge in [-0.25, -0.2) is 4.99 Å². The lowest BCUT2D eigenvalue weighted by molar-refractivity contribution is -0.131. The molecule has 0 saturated carbocycles. The van der Waals surface area contributed by atoms with Crippen molar-refractivity contribution in [3.05, 3.63) is 29.8 Å². The summed E-state index contributed by atoms with van der Waals surface area (Å²) in [5.41, 5.74) is 1.73. The van der Waals surface area contributed by atoms with Crippen LogP contribution in [-0.2, 0) is 16.1 Å². The second-order valence-corrected chi connectivity index (χ2v) is 5.97. The Morgan fingerprint density at radius 1 is 1.15 bits per heavy atom. The Balaban J connectivity index is 0.00000676. The summed E-state index contributed by atoms with van der Waals surface area (Å²) in [5, 5.41) is 5.98. The topological polar surface area (TPSA) is 77.0 Å². The Morgan fingerprint density at radius 2 is 1.81 bits per heavy atom. The van der Waals surface area contributed by atoms with Gasteiger partial charge in [0.15, 0.2) is 5.96 Å². The number of hydrogen-bond donors (Lipinski definition) is 2. The van der Waals surface area contributed by atoms with Gasteiger partial charge in [-0.15, -0.1) is 24.0 Å². The predicted molar refractivity (Wildman–Crippen MR) is 122 cm³/mol. The molecule has 152 valence electrons. The lowest BCUT2D eigenvalue weighted by atomic mass is 10.2. The highest BCUT2D eigenvalue weighted by Gasteiger charge is 2.14. The fourth-order valence-electron chi connectivity index (χ4n) is 2.54. The number of nitrogens with zero attached hydrogens (tertiary/aromatic N) is 3. The molecule has 0 aliphatic heterocycles. The van der Waals surface area contributed by atoms with Crippen molar-refractivity contribution in [2.45, 2.75) is 34.2 Å². The molecule has 7 nitrogen and oxygen atoms in total. The number of anilines is 1. The van der Waals surface area contributed by atoms with Gasteiger partial charge in [-0.2, -0.15) is 0 Å². The zero-order valence-corrected chi connectivity index (χ0v) is 19.2. The molecule has 0 saturated heterocycles. The number of aliphatic imine (C=N–C) groups is 1. The van der Waals surface area contributed by atoms with Gasteiger partial charge in [0.25, 0.3) is 0 Å². The van der Waals surface area contributed by atoms with E-state index in [0.717, 1.165) is 11.3 Å². The number of rotatable bonds is 8. The van der Waals surface area contributed by atoms with Crippen LogP contribution in [0.3, 0.4) is 0 Å². The van der Waals surface area contributed by atoms with Gasteiger partial charge in [0, 0.05) is 39.3 Å². The van der Waals surface area contributed by atoms with Crippen molar-refractivity contribution in [3.8, 4) is 0 Å². The average molecular weight is 489 g/mol. The number of likely N-dealkylation sites (N-methyl/N-ethyl adjacent to an activating group) is 2. The molecule has 0 heterocycles. The third-order valence-electron chi connectivity index (χ3n) is 3.84. The van der Waals surface area contributed by atoms with Crippen molar-refractivity contribution >= 4 is 47.4 Å². The summed E-state index contributed by atoms with van der Waals surface area (Å²) >= 11 is 0.